The maximum atomic E-state index is 11.9. The minimum absolute atomic E-state index is 0.200. The number of hydrogen-bond acceptors (Lipinski definition) is 3. The van der Waals surface area contributed by atoms with Crippen molar-refractivity contribution in [2.24, 2.45) is 11.1 Å². The highest BCUT2D eigenvalue weighted by Gasteiger charge is 2.31. The van der Waals surface area contributed by atoms with Crippen LogP contribution in [0.5, 0.6) is 0 Å². The van der Waals surface area contributed by atoms with Crippen LogP contribution in [0.1, 0.15) is 27.2 Å². The monoisotopic (exact) mass is 216 g/mol. The molecule has 0 spiro atoms. The van der Waals surface area contributed by atoms with Gasteiger partial charge in [-0.2, -0.15) is 0 Å². The van der Waals surface area contributed by atoms with Crippen LogP contribution in [0.25, 0.3) is 0 Å². The molecular weight excluding hydrogens is 196 g/mol. The summed E-state index contributed by atoms with van der Waals surface area (Å²) in [4.78, 5) is 23.8. The maximum Gasteiger partial charge on any atom is 0.323 e. The fraction of sp³-hybridized carbons (Fsp3) is 0.800. The summed E-state index contributed by atoms with van der Waals surface area (Å²) in [6.07, 6.45) is 0.736. The number of carbonyl (C=O) groups is 2. The first-order valence-corrected chi connectivity index (χ1v) is 5.06. The third-order valence-corrected chi connectivity index (χ3v) is 2.20. The molecule has 0 unspecified atom stereocenters. The average Bonchev–Trinajstić information content (AvgIpc) is 2.15. The SMILES string of the molecule is CCCN(CC(=O)O)C(=O)C(C)(C)CN. The number of aliphatic carboxylic acids is 1. The number of rotatable bonds is 6. The molecule has 0 aliphatic heterocycles. The molecular formula is C10H20N2O3. The van der Waals surface area contributed by atoms with Crippen LogP contribution in [0.2, 0.25) is 0 Å². The van der Waals surface area contributed by atoms with E-state index < -0.39 is 11.4 Å². The summed E-state index contributed by atoms with van der Waals surface area (Å²) in [6, 6.07) is 0. The lowest BCUT2D eigenvalue weighted by molar-refractivity contribution is -0.148. The molecule has 0 saturated carbocycles. The Morgan fingerprint density at radius 1 is 1.40 bits per heavy atom. The number of carboxylic acids is 1. The summed E-state index contributed by atoms with van der Waals surface area (Å²) in [5.41, 5.74) is 4.79. The van der Waals surface area contributed by atoms with Crippen LogP contribution in [-0.2, 0) is 9.59 Å². The van der Waals surface area contributed by atoms with E-state index in [-0.39, 0.29) is 19.0 Å². The summed E-state index contributed by atoms with van der Waals surface area (Å²) >= 11 is 0. The second kappa shape index (κ2) is 5.70. The molecule has 0 aromatic heterocycles. The molecule has 5 heteroatoms. The normalized spacial score (nSPS) is 11.2. The molecule has 0 atom stereocenters. The van der Waals surface area contributed by atoms with Crippen LogP contribution in [0.15, 0.2) is 0 Å². The lowest BCUT2D eigenvalue weighted by Crippen LogP contribution is -2.46. The number of nitrogens with two attached hydrogens (primary N) is 1. The zero-order valence-electron chi connectivity index (χ0n) is 9.62. The summed E-state index contributed by atoms with van der Waals surface area (Å²) < 4.78 is 0. The van der Waals surface area contributed by atoms with E-state index in [2.05, 4.69) is 0 Å². The Labute approximate surface area is 90.2 Å². The molecule has 88 valence electrons. The molecule has 15 heavy (non-hydrogen) atoms. The molecule has 0 aliphatic carbocycles. The Balaban J connectivity index is 4.61. The first-order chi connectivity index (χ1) is 6.85. The van der Waals surface area contributed by atoms with E-state index in [0.29, 0.717) is 6.54 Å². The second-order valence-electron chi connectivity index (χ2n) is 4.21. The van der Waals surface area contributed by atoms with Gasteiger partial charge in [0.2, 0.25) is 5.91 Å². The number of carbonyl (C=O) groups excluding carboxylic acids is 1. The van der Waals surface area contributed by atoms with Crippen LogP contribution in [0.3, 0.4) is 0 Å². The van der Waals surface area contributed by atoms with Crippen molar-refractivity contribution in [2.45, 2.75) is 27.2 Å². The molecule has 0 rings (SSSR count). The zero-order valence-corrected chi connectivity index (χ0v) is 9.62. The van der Waals surface area contributed by atoms with Gasteiger partial charge in [-0.1, -0.05) is 6.92 Å². The molecule has 0 saturated heterocycles. The van der Waals surface area contributed by atoms with Crippen LogP contribution in [-0.4, -0.2) is 41.5 Å². The molecule has 5 nitrogen and oxygen atoms in total. The van der Waals surface area contributed by atoms with Crippen LogP contribution >= 0.6 is 0 Å². The fourth-order valence-electron chi connectivity index (χ4n) is 1.20. The van der Waals surface area contributed by atoms with Crippen molar-refractivity contribution in [2.75, 3.05) is 19.6 Å². The number of hydrogen-bond donors (Lipinski definition) is 2. The summed E-state index contributed by atoms with van der Waals surface area (Å²) in [5, 5.41) is 8.67. The van der Waals surface area contributed by atoms with E-state index in [1.54, 1.807) is 13.8 Å². The molecule has 0 radical (unpaired) electrons. The molecule has 0 aliphatic rings. The Morgan fingerprint density at radius 2 is 1.93 bits per heavy atom. The first-order valence-electron chi connectivity index (χ1n) is 5.06. The third-order valence-electron chi connectivity index (χ3n) is 2.20. The van der Waals surface area contributed by atoms with Gasteiger partial charge in [-0.15, -0.1) is 0 Å². The van der Waals surface area contributed by atoms with Gasteiger partial charge in [0.25, 0.3) is 0 Å². The van der Waals surface area contributed by atoms with Gasteiger partial charge in [0.1, 0.15) is 6.54 Å². The summed E-state index contributed by atoms with van der Waals surface area (Å²) in [6.45, 7) is 5.76. The second-order valence-corrected chi connectivity index (χ2v) is 4.21. The van der Waals surface area contributed by atoms with Crippen molar-refractivity contribution >= 4 is 11.9 Å². The molecule has 1 amide bonds. The Kier molecular flexibility index (Phi) is 5.28. The molecule has 0 fully saturated rings. The fourth-order valence-corrected chi connectivity index (χ4v) is 1.20. The van der Waals surface area contributed by atoms with E-state index in [9.17, 15) is 9.59 Å². The van der Waals surface area contributed by atoms with Crippen molar-refractivity contribution in [1.29, 1.82) is 0 Å². The molecule has 0 bridgehead atoms. The van der Waals surface area contributed by atoms with Crippen molar-refractivity contribution in [3.63, 3.8) is 0 Å². The number of amides is 1. The predicted octanol–water partition coefficient (Wildman–Crippen LogP) is 0.295. The van der Waals surface area contributed by atoms with E-state index in [4.69, 9.17) is 10.8 Å². The smallest absolute Gasteiger partial charge is 0.323 e. The highest BCUT2D eigenvalue weighted by atomic mass is 16.4. The van der Waals surface area contributed by atoms with E-state index >= 15 is 0 Å². The Hall–Kier alpha value is -1.10. The Bertz CT molecular complexity index is 239. The van der Waals surface area contributed by atoms with Gasteiger partial charge in [0.15, 0.2) is 0 Å². The van der Waals surface area contributed by atoms with Gasteiger partial charge in [-0.3, -0.25) is 9.59 Å². The van der Waals surface area contributed by atoms with Crippen molar-refractivity contribution in [3.8, 4) is 0 Å². The van der Waals surface area contributed by atoms with Crippen LogP contribution in [0, 0.1) is 5.41 Å². The van der Waals surface area contributed by atoms with E-state index in [1.807, 2.05) is 6.92 Å². The molecule has 0 aromatic carbocycles. The summed E-state index contributed by atoms with van der Waals surface area (Å²) in [5.74, 6) is -1.20. The standard InChI is InChI=1S/C10H20N2O3/c1-4-5-12(6-8(13)14)9(15)10(2,3)7-11/h4-7,11H2,1-3H3,(H,13,14). The highest BCUT2D eigenvalue weighted by Crippen LogP contribution is 2.17. The minimum Gasteiger partial charge on any atom is -0.480 e. The van der Waals surface area contributed by atoms with E-state index in [1.165, 1.54) is 4.90 Å². The topological polar surface area (TPSA) is 83.6 Å². The van der Waals surface area contributed by atoms with Crippen molar-refractivity contribution in [1.82, 2.24) is 4.90 Å². The lowest BCUT2D eigenvalue weighted by Gasteiger charge is -2.29. The van der Waals surface area contributed by atoms with Crippen molar-refractivity contribution < 1.29 is 14.7 Å². The zero-order chi connectivity index (χ0) is 12.1. The van der Waals surface area contributed by atoms with Gasteiger partial charge in [0, 0.05) is 13.1 Å². The van der Waals surface area contributed by atoms with Gasteiger partial charge >= 0.3 is 5.97 Å². The summed E-state index contributed by atoms with van der Waals surface area (Å²) in [7, 11) is 0. The van der Waals surface area contributed by atoms with Crippen LogP contribution < -0.4 is 5.73 Å². The quantitative estimate of drug-likeness (QED) is 0.668. The highest BCUT2D eigenvalue weighted by molar-refractivity contribution is 5.85. The maximum absolute atomic E-state index is 11.9. The number of carboxylic acid groups (broad SMARTS) is 1. The van der Waals surface area contributed by atoms with Crippen LogP contribution in [0.4, 0.5) is 0 Å². The Morgan fingerprint density at radius 3 is 2.27 bits per heavy atom. The lowest BCUT2D eigenvalue weighted by atomic mass is 9.92. The predicted molar refractivity (Wildman–Crippen MR) is 57.3 cm³/mol. The van der Waals surface area contributed by atoms with Gasteiger partial charge < -0.3 is 15.7 Å². The third kappa shape index (κ3) is 4.29. The van der Waals surface area contributed by atoms with Gasteiger partial charge in [-0.05, 0) is 20.3 Å². The van der Waals surface area contributed by atoms with Gasteiger partial charge in [0.05, 0.1) is 5.41 Å². The first kappa shape index (κ1) is 13.9. The van der Waals surface area contributed by atoms with Gasteiger partial charge in [-0.25, -0.2) is 0 Å². The molecule has 0 aromatic rings. The van der Waals surface area contributed by atoms with E-state index in [0.717, 1.165) is 6.42 Å². The largest absolute Gasteiger partial charge is 0.480 e. The number of nitrogens with zero attached hydrogens (tertiary/aromatic N) is 1. The average molecular weight is 216 g/mol. The molecule has 3 N–H and O–H groups in total. The minimum atomic E-state index is -0.996. The molecule has 0 heterocycles. The van der Waals surface area contributed by atoms with Crippen molar-refractivity contribution in [3.05, 3.63) is 0 Å².